The Kier molecular flexibility index (Phi) is 3.71. The second-order valence-electron chi connectivity index (χ2n) is 4.44. The zero-order chi connectivity index (χ0) is 13.1. The lowest BCUT2D eigenvalue weighted by atomic mass is 10.3. The van der Waals surface area contributed by atoms with Gasteiger partial charge in [-0.15, -0.1) is 5.10 Å². The molecule has 0 spiro atoms. The number of nitrogens with one attached hydrogen (secondary N) is 1. The third kappa shape index (κ3) is 2.40. The maximum Gasteiger partial charge on any atom is 0.280 e. The van der Waals surface area contributed by atoms with Gasteiger partial charge in [0.15, 0.2) is 5.65 Å². The first-order valence-electron chi connectivity index (χ1n) is 6.12. The van der Waals surface area contributed by atoms with E-state index in [0.717, 1.165) is 13.0 Å². The summed E-state index contributed by atoms with van der Waals surface area (Å²) in [6, 6.07) is 0.186. The molecule has 0 saturated heterocycles. The second kappa shape index (κ2) is 5.26. The molecule has 0 aliphatic carbocycles. The smallest absolute Gasteiger partial charge is 0.280 e. The molecule has 98 valence electrons. The highest BCUT2D eigenvalue weighted by molar-refractivity contribution is 5.72. The Labute approximate surface area is 105 Å². The van der Waals surface area contributed by atoms with Gasteiger partial charge in [0.1, 0.15) is 5.39 Å². The highest BCUT2D eigenvalue weighted by Gasteiger charge is 2.11. The van der Waals surface area contributed by atoms with Gasteiger partial charge in [0, 0.05) is 13.1 Å². The molecule has 18 heavy (non-hydrogen) atoms. The van der Waals surface area contributed by atoms with Crippen molar-refractivity contribution in [1.82, 2.24) is 30.1 Å². The molecule has 0 aliphatic rings. The van der Waals surface area contributed by atoms with E-state index < -0.39 is 0 Å². The normalized spacial score (nSPS) is 13.1. The van der Waals surface area contributed by atoms with Crippen LogP contribution >= 0.6 is 0 Å². The average Bonchev–Trinajstić information content (AvgIpc) is 2.73. The fourth-order valence-electron chi connectivity index (χ4n) is 1.81. The molecule has 1 unspecified atom stereocenters. The minimum Gasteiger partial charge on any atom is -0.312 e. The monoisotopic (exact) mass is 250 g/mol. The van der Waals surface area contributed by atoms with Gasteiger partial charge in [-0.05, 0) is 19.9 Å². The highest BCUT2D eigenvalue weighted by atomic mass is 16.1. The van der Waals surface area contributed by atoms with Crippen LogP contribution in [0.1, 0.15) is 20.3 Å². The molecule has 0 fully saturated rings. The summed E-state index contributed by atoms with van der Waals surface area (Å²) in [5, 5.41) is 15.8. The first kappa shape index (κ1) is 12.7. The van der Waals surface area contributed by atoms with Gasteiger partial charge in [-0.3, -0.25) is 4.79 Å². The van der Waals surface area contributed by atoms with Crippen LogP contribution < -0.4 is 10.9 Å². The van der Waals surface area contributed by atoms with Crippen molar-refractivity contribution >= 4 is 11.0 Å². The van der Waals surface area contributed by atoms with E-state index in [1.807, 2.05) is 6.92 Å². The lowest BCUT2D eigenvalue weighted by molar-refractivity contribution is 0.428. The number of rotatable bonds is 5. The van der Waals surface area contributed by atoms with Gasteiger partial charge in [0.25, 0.3) is 5.56 Å². The molecule has 0 aromatic carbocycles. The molecular weight excluding hydrogens is 232 g/mol. The van der Waals surface area contributed by atoms with Crippen molar-refractivity contribution in [2.45, 2.75) is 32.9 Å². The quantitative estimate of drug-likeness (QED) is 0.802. The molecule has 7 heteroatoms. The third-order valence-electron chi connectivity index (χ3n) is 2.81. The molecular formula is C11H18N6O. The first-order valence-corrected chi connectivity index (χ1v) is 6.12. The van der Waals surface area contributed by atoms with Crippen LogP contribution in [0.2, 0.25) is 0 Å². The molecule has 7 nitrogen and oxygen atoms in total. The van der Waals surface area contributed by atoms with E-state index in [9.17, 15) is 4.79 Å². The Hall–Kier alpha value is -1.76. The highest BCUT2D eigenvalue weighted by Crippen LogP contribution is 2.01. The van der Waals surface area contributed by atoms with E-state index in [1.54, 1.807) is 11.7 Å². The van der Waals surface area contributed by atoms with Gasteiger partial charge in [-0.25, -0.2) is 9.36 Å². The van der Waals surface area contributed by atoms with E-state index in [1.165, 1.54) is 10.9 Å². The fourth-order valence-corrected chi connectivity index (χ4v) is 1.81. The van der Waals surface area contributed by atoms with Crippen LogP contribution in [-0.4, -0.2) is 37.4 Å². The van der Waals surface area contributed by atoms with Crippen LogP contribution in [0.5, 0.6) is 0 Å². The third-order valence-corrected chi connectivity index (χ3v) is 2.81. The largest absolute Gasteiger partial charge is 0.312 e. The molecule has 2 heterocycles. The molecule has 0 radical (unpaired) electrons. The van der Waals surface area contributed by atoms with Crippen molar-refractivity contribution in [1.29, 1.82) is 0 Å². The summed E-state index contributed by atoms with van der Waals surface area (Å²) in [5.74, 6) is 0. The lowest BCUT2D eigenvalue weighted by Gasteiger charge is -2.13. The predicted octanol–water partition coefficient (Wildman–Crippen LogP) is -0.0869. The molecule has 1 N–H and O–H groups in total. The predicted molar refractivity (Wildman–Crippen MR) is 68.3 cm³/mol. The minimum absolute atomic E-state index is 0.141. The zero-order valence-corrected chi connectivity index (χ0v) is 10.9. The molecule has 2 aromatic rings. The summed E-state index contributed by atoms with van der Waals surface area (Å²) in [5.41, 5.74) is 0.378. The molecule has 0 amide bonds. The van der Waals surface area contributed by atoms with Crippen molar-refractivity contribution in [3.05, 3.63) is 16.6 Å². The number of hydrogen-bond acceptors (Lipinski definition) is 5. The molecule has 0 aliphatic heterocycles. The molecule has 0 saturated carbocycles. The minimum atomic E-state index is -0.141. The van der Waals surface area contributed by atoms with E-state index in [4.69, 9.17) is 0 Å². The van der Waals surface area contributed by atoms with Crippen molar-refractivity contribution in [2.24, 2.45) is 7.05 Å². The average molecular weight is 250 g/mol. The van der Waals surface area contributed by atoms with E-state index in [0.29, 0.717) is 17.6 Å². The van der Waals surface area contributed by atoms with Gasteiger partial charge in [0.05, 0.1) is 12.7 Å². The van der Waals surface area contributed by atoms with E-state index in [2.05, 4.69) is 27.7 Å². The summed E-state index contributed by atoms with van der Waals surface area (Å²) < 4.78 is 2.93. The SMILES string of the molecule is CCCNC(C)Cn1nnc2c(cnn2C)c1=O. The molecule has 2 rings (SSSR count). The van der Waals surface area contributed by atoms with Crippen LogP contribution in [0.4, 0.5) is 0 Å². The summed E-state index contributed by atoms with van der Waals surface area (Å²) in [4.78, 5) is 12.1. The van der Waals surface area contributed by atoms with Gasteiger partial charge < -0.3 is 5.32 Å². The van der Waals surface area contributed by atoms with Crippen molar-refractivity contribution in [3.8, 4) is 0 Å². The van der Waals surface area contributed by atoms with Crippen molar-refractivity contribution < 1.29 is 0 Å². The Morgan fingerprint density at radius 3 is 3.00 bits per heavy atom. The molecule has 1 atom stereocenters. The van der Waals surface area contributed by atoms with Gasteiger partial charge in [-0.2, -0.15) is 5.10 Å². The molecule has 0 bridgehead atoms. The van der Waals surface area contributed by atoms with Crippen molar-refractivity contribution in [3.63, 3.8) is 0 Å². The summed E-state index contributed by atoms with van der Waals surface area (Å²) in [6.45, 7) is 5.57. The number of fused-ring (bicyclic) bond motifs is 1. The van der Waals surface area contributed by atoms with E-state index >= 15 is 0 Å². The van der Waals surface area contributed by atoms with Gasteiger partial charge in [0.2, 0.25) is 0 Å². The number of hydrogen-bond donors (Lipinski definition) is 1. The van der Waals surface area contributed by atoms with Gasteiger partial charge in [-0.1, -0.05) is 12.1 Å². The Balaban J connectivity index is 2.24. The summed E-state index contributed by atoms with van der Waals surface area (Å²) in [6.07, 6.45) is 2.60. The topological polar surface area (TPSA) is 77.6 Å². The van der Waals surface area contributed by atoms with E-state index in [-0.39, 0.29) is 11.6 Å². The summed E-state index contributed by atoms with van der Waals surface area (Å²) >= 11 is 0. The zero-order valence-electron chi connectivity index (χ0n) is 10.9. The number of aromatic nitrogens is 5. The first-order chi connectivity index (χ1) is 8.63. The van der Waals surface area contributed by atoms with Crippen LogP contribution in [0.3, 0.4) is 0 Å². The summed E-state index contributed by atoms with van der Waals surface area (Å²) in [7, 11) is 1.74. The Bertz CT molecular complexity index is 587. The fraction of sp³-hybridized carbons (Fsp3) is 0.636. The maximum atomic E-state index is 12.1. The van der Waals surface area contributed by atoms with Crippen LogP contribution in [0, 0.1) is 0 Å². The molecule has 2 aromatic heterocycles. The van der Waals surface area contributed by atoms with Crippen LogP contribution in [0.25, 0.3) is 11.0 Å². The van der Waals surface area contributed by atoms with Gasteiger partial charge >= 0.3 is 0 Å². The second-order valence-corrected chi connectivity index (χ2v) is 4.44. The number of aryl methyl sites for hydroxylation is 1. The standard InChI is InChI=1S/C11H18N6O/c1-4-5-12-8(2)7-17-11(18)9-6-13-16(3)10(9)14-15-17/h6,8,12H,4-5,7H2,1-3H3. The van der Waals surface area contributed by atoms with Crippen LogP contribution in [0.15, 0.2) is 11.0 Å². The van der Waals surface area contributed by atoms with Crippen LogP contribution in [-0.2, 0) is 13.6 Å². The van der Waals surface area contributed by atoms with Crippen molar-refractivity contribution in [2.75, 3.05) is 6.54 Å². The Morgan fingerprint density at radius 1 is 1.50 bits per heavy atom. The Morgan fingerprint density at radius 2 is 2.28 bits per heavy atom. The maximum absolute atomic E-state index is 12.1. The number of nitrogens with zero attached hydrogens (tertiary/aromatic N) is 5. The lowest BCUT2D eigenvalue weighted by Crippen LogP contribution is -2.36.